The van der Waals surface area contributed by atoms with E-state index >= 15 is 0 Å². The Kier molecular flexibility index (Phi) is 5.02. The number of hydrogen-bond donors (Lipinski definition) is 1. The van der Waals surface area contributed by atoms with Gasteiger partial charge in [-0.1, -0.05) is 11.3 Å². The predicted octanol–water partition coefficient (Wildman–Crippen LogP) is 3.02. The summed E-state index contributed by atoms with van der Waals surface area (Å²) < 4.78 is 9.31. The van der Waals surface area contributed by atoms with Crippen LogP contribution in [0.5, 0.6) is 0 Å². The van der Waals surface area contributed by atoms with E-state index in [9.17, 15) is 9.59 Å². The molecule has 2 aromatic rings. The highest BCUT2D eigenvalue weighted by molar-refractivity contribution is 7.19. The number of ether oxygens (including phenoxy) is 2. The molecule has 1 aromatic heterocycles. The van der Waals surface area contributed by atoms with Crippen molar-refractivity contribution in [1.82, 2.24) is 4.98 Å². The van der Waals surface area contributed by atoms with E-state index < -0.39 is 11.9 Å². The Hall–Kier alpha value is -2.81. The maximum absolute atomic E-state index is 11.7. The average Bonchev–Trinajstić information content (AvgIpc) is 2.88. The molecule has 0 radical (unpaired) electrons. The van der Waals surface area contributed by atoms with Crippen molar-refractivity contribution >= 4 is 39.1 Å². The van der Waals surface area contributed by atoms with Crippen LogP contribution in [0, 0.1) is 6.92 Å². The Morgan fingerprint density at radius 1 is 1.09 bits per heavy atom. The van der Waals surface area contributed by atoms with Crippen LogP contribution in [0.25, 0.3) is 0 Å². The van der Waals surface area contributed by atoms with Gasteiger partial charge in [-0.25, -0.2) is 14.6 Å². The van der Waals surface area contributed by atoms with E-state index in [1.807, 2.05) is 0 Å². The molecule has 0 spiro atoms. The van der Waals surface area contributed by atoms with Gasteiger partial charge in [0.1, 0.15) is 0 Å². The van der Waals surface area contributed by atoms with Crippen molar-refractivity contribution in [3.8, 4) is 0 Å². The number of esters is 2. The molecule has 1 heterocycles. The van der Waals surface area contributed by atoms with Crippen LogP contribution in [0.2, 0.25) is 0 Å². The van der Waals surface area contributed by atoms with Crippen molar-refractivity contribution in [2.75, 3.05) is 20.0 Å². The first-order valence-electron chi connectivity index (χ1n) is 6.41. The number of aromatic nitrogens is 1. The van der Waals surface area contributed by atoms with Gasteiger partial charge in [0, 0.05) is 0 Å². The van der Waals surface area contributed by atoms with Crippen LogP contribution in [-0.4, -0.2) is 31.1 Å². The molecule has 23 heavy (non-hydrogen) atoms. The summed E-state index contributed by atoms with van der Waals surface area (Å²) in [5, 5.41) is 9.01. The molecule has 9 heteroatoms. The fraction of sp³-hybridized carbons (Fsp3) is 0.214. The lowest BCUT2D eigenvalue weighted by Crippen LogP contribution is -2.06. The second-order valence-electron chi connectivity index (χ2n) is 4.39. The molecule has 0 aliphatic heterocycles. The van der Waals surface area contributed by atoms with E-state index in [1.54, 1.807) is 6.92 Å². The second kappa shape index (κ2) is 6.97. The molecule has 1 aromatic carbocycles. The van der Waals surface area contributed by atoms with E-state index in [0.717, 1.165) is 0 Å². The van der Waals surface area contributed by atoms with Gasteiger partial charge in [-0.3, -0.25) is 0 Å². The van der Waals surface area contributed by atoms with Gasteiger partial charge in [0.25, 0.3) is 0 Å². The molecule has 0 aliphatic rings. The number of nitrogen functional groups attached to an aromatic ring is 1. The highest BCUT2D eigenvalue weighted by atomic mass is 32.1. The summed E-state index contributed by atoms with van der Waals surface area (Å²) in [6, 6.07) is 4.29. The minimum Gasteiger partial charge on any atom is -0.465 e. The monoisotopic (exact) mass is 334 g/mol. The zero-order valence-electron chi connectivity index (χ0n) is 12.7. The third-order valence-electron chi connectivity index (χ3n) is 2.80. The van der Waals surface area contributed by atoms with Crippen LogP contribution in [0.4, 0.5) is 15.8 Å². The van der Waals surface area contributed by atoms with E-state index in [4.69, 9.17) is 5.73 Å². The molecule has 0 bridgehead atoms. The first kappa shape index (κ1) is 16.6. The van der Waals surface area contributed by atoms with E-state index in [1.165, 1.54) is 43.8 Å². The topological polar surface area (TPSA) is 116 Å². The fourth-order valence-electron chi connectivity index (χ4n) is 1.75. The number of anilines is 1. The van der Waals surface area contributed by atoms with Crippen molar-refractivity contribution in [2.24, 2.45) is 10.2 Å². The van der Waals surface area contributed by atoms with Crippen molar-refractivity contribution in [1.29, 1.82) is 0 Å². The molecule has 2 rings (SSSR count). The number of rotatable bonds is 4. The molecular weight excluding hydrogens is 320 g/mol. The highest BCUT2D eigenvalue weighted by Gasteiger charge is 2.14. The van der Waals surface area contributed by atoms with E-state index in [2.05, 4.69) is 24.7 Å². The summed E-state index contributed by atoms with van der Waals surface area (Å²) in [7, 11) is 2.50. The van der Waals surface area contributed by atoms with E-state index in [-0.39, 0.29) is 11.1 Å². The number of hydrogen-bond acceptors (Lipinski definition) is 9. The maximum Gasteiger partial charge on any atom is 0.337 e. The van der Waals surface area contributed by atoms with E-state index in [0.29, 0.717) is 21.5 Å². The molecular formula is C14H14N4O4S. The number of thiazole rings is 1. The molecule has 0 unspecified atom stereocenters. The molecule has 0 fully saturated rings. The number of carbonyl (C=O) groups is 2. The van der Waals surface area contributed by atoms with Crippen molar-refractivity contribution in [2.45, 2.75) is 6.92 Å². The highest BCUT2D eigenvalue weighted by Crippen LogP contribution is 2.30. The number of azo groups is 1. The molecule has 0 amide bonds. The quantitative estimate of drug-likeness (QED) is 0.678. The zero-order chi connectivity index (χ0) is 17.0. The summed E-state index contributed by atoms with van der Waals surface area (Å²) in [6.45, 7) is 1.76. The summed E-state index contributed by atoms with van der Waals surface area (Å²) in [4.78, 5) is 27.4. The molecule has 2 N–H and O–H groups in total. The maximum atomic E-state index is 11.7. The van der Waals surface area contributed by atoms with Crippen molar-refractivity contribution < 1.29 is 19.1 Å². The minimum atomic E-state index is -0.592. The second-order valence-corrected chi connectivity index (χ2v) is 5.40. The van der Waals surface area contributed by atoms with Crippen LogP contribution >= 0.6 is 11.3 Å². The number of benzene rings is 1. The largest absolute Gasteiger partial charge is 0.465 e. The van der Waals surface area contributed by atoms with Gasteiger partial charge in [-0.15, -0.1) is 10.2 Å². The SMILES string of the molecule is COC(=O)c1cc(N=Nc2sc(N)nc2C)cc(C(=O)OC)c1. The normalized spacial score (nSPS) is 10.7. The first-order valence-corrected chi connectivity index (χ1v) is 7.22. The van der Waals surface area contributed by atoms with Gasteiger partial charge in [0.2, 0.25) is 0 Å². The van der Waals surface area contributed by atoms with Crippen molar-refractivity contribution in [3.63, 3.8) is 0 Å². The predicted molar refractivity (Wildman–Crippen MR) is 84.6 cm³/mol. The summed E-state index contributed by atoms with van der Waals surface area (Å²) in [5.74, 6) is -1.18. The van der Waals surface area contributed by atoms with Crippen LogP contribution in [-0.2, 0) is 9.47 Å². The van der Waals surface area contributed by atoms with Gasteiger partial charge in [-0.2, -0.15) is 0 Å². The number of aryl methyl sites for hydroxylation is 1. The molecule has 0 saturated heterocycles. The third-order valence-corrected chi connectivity index (χ3v) is 3.68. The van der Waals surface area contributed by atoms with Gasteiger partial charge >= 0.3 is 11.9 Å². The Labute approximate surface area is 136 Å². The van der Waals surface area contributed by atoms with Gasteiger partial charge in [0.05, 0.1) is 36.7 Å². The van der Waals surface area contributed by atoms with Gasteiger partial charge in [-0.05, 0) is 25.1 Å². The Bertz CT molecular complexity index is 751. The van der Waals surface area contributed by atoms with Crippen LogP contribution < -0.4 is 5.73 Å². The lowest BCUT2D eigenvalue weighted by atomic mass is 10.1. The smallest absolute Gasteiger partial charge is 0.337 e. The van der Waals surface area contributed by atoms with Gasteiger partial charge in [0.15, 0.2) is 10.1 Å². The Morgan fingerprint density at radius 3 is 2.09 bits per heavy atom. The summed E-state index contributed by atoms with van der Waals surface area (Å²) in [5.41, 5.74) is 6.89. The molecule has 0 atom stereocenters. The third kappa shape index (κ3) is 3.89. The standard InChI is InChI=1S/C14H14N4O4S/c1-7-11(23-14(15)16-7)18-17-10-5-8(12(19)21-2)4-9(6-10)13(20)22-3/h4-6H,1-3H3,(H2,15,16). The molecule has 8 nitrogen and oxygen atoms in total. The fourth-order valence-corrected chi connectivity index (χ4v) is 2.40. The molecule has 0 saturated carbocycles. The Morgan fingerprint density at radius 2 is 1.65 bits per heavy atom. The number of nitrogens with zero attached hydrogens (tertiary/aromatic N) is 3. The number of nitrogens with two attached hydrogens (primary N) is 1. The lowest BCUT2D eigenvalue weighted by Gasteiger charge is -2.04. The zero-order valence-corrected chi connectivity index (χ0v) is 13.5. The summed E-state index contributed by atoms with van der Waals surface area (Å²) in [6.07, 6.45) is 0. The van der Waals surface area contributed by atoms with Crippen LogP contribution in [0.3, 0.4) is 0 Å². The number of carbonyl (C=O) groups excluding carboxylic acids is 2. The molecule has 120 valence electrons. The van der Waals surface area contributed by atoms with Crippen molar-refractivity contribution in [3.05, 3.63) is 35.0 Å². The lowest BCUT2D eigenvalue weighted by molar-refractivity contribution is 0.0599. The van der Waals surface area contributed by atoms with Crippen LogP contribution in [0.15, 0.2) is 28.4 Å². The van der Waals surface area contributed by atoms with Crippen LogP contribution in [0.1, 0.15) is 26.4 Å². The first-order chi connectivity index (χ1) is 10.9. The molecule has 0 aliphatic carbocycles. The Balaban J connectivity index is 2.42. The average molecular weight is 334 g/mol. The number of methoxy groups -OCH3 is 2. The minimum absolute atomic E-state index is 0.171. The van der Waals surface area contributed by atoms with Gasteiger partial charge < -0.3 is 15.2 Å². The summed E-state index contributed by atoms with van der Waals surface area (Å²) >= 11 is 1.19.